The third-order valence-electron chi connectivity index (χ3n) is 3.51. The third kappa shape index (κ3) is 4.15. The Hall–Kier alpha value is -2.88. The van der Waals surface area contributed by atoms with Crippen LogP contribution in [-0.2, 0) is 0 Å². The fourth-order valence-corrected chi connectivity index (χ4v) is 2.96. The molecule has 1 aliphatic rings. The van der Waals surface area contributed by atoms with Crippen molar-refractivity contribution < 1.29 is 14.2 Å². The second-order valence-electron chi connectivity index (χ2n) is 5.19. The lowest BCUT2D eigenvalue weighted by molar-refractivity contribution is 0.252. The molecule has 0 spiro atoms. The number of hydrogen-bond donors (Lipinski definition) is 2. The van der Waals surface area contributed by atoms with Crippen LogP contribution in [0.2, 0.25) is 0 Å². The van der Waals surface area contributed by atoms with E-state index in [2.05, 4.69) is 11.7 Å². The van der Waals surface area contributed by atoms with Crippen LogP contribution >= 0.6 is 8.53 Å². The van der Waals surface area contributed by atoms with Crippen LogP contribution in [0.3, 0.4) is 0 Å². The van der Waals surface area contributed by atoms with Gasteiger partial charge in [-0.05, 0) is 29.3 Å². The van der Waals surface area contributed by atoms with E-state index in [9.17, 15) is 9.69 Å². The van der Waals surface area contributed by atoms with Gasteiger partial charge >= 0.3 is 14.6 Å². The van der Waals surface area contributed by atoms with Gasteiger partial charge in [-0.1, -0.05) is 61.2 Å². The van der Waals surface area contributed by atoms with Crippen molar-refractivity contribution in [2.75, 3.05) is 4.90 Å². The molecule has 2 amide bonds. The number of nitrogens with zero attached hydrogens (tertiary/aromatic N) is 1. The van der Waals surface area contributed by atoms with Gasteiger partial charge in [0.15, 0.2) is 0 Å². The first-order valence-electron chi connectivity index (χ1n) is 7.60. The molecular weight excluding hydrogens is 335 g/mol. The molecule has 0 aromatic heterocycles. The monoisotopic (exact) mass is 352 g/mol. The summed E-state index contributed by atoms with van der Waals surface area (Å²) in [6, 6.07) is 15.8. The molecular formula is C19H17N2O3P. The minimum Gasteiger partial charge on any atom is -0.432 e. The van der Waals surface area contributed by atoms with Gasteiger partial charge in [0.05, 0.1) is 5.69 Å². The molecule has 1 atom stereocenters. The van der Waals surface area contributed by atoms with E-state index in [1.807, 2.05) is 42.5 Å². The minimum absolute atomic E-state index is 0.483. The Bertz CT molecular complexity index is 834. The van der Waals surface area contributed by atoms with Crippen molar-refractivity contribution in [2.45, 2.75) is 0 Å². The number of fused-ring (bicyclic) bond motifs is 1. The first-order chi connectivity index (χ1) is 12.2. The summed E-state index contributed by atoms with van der Waals surface area (Å²) >= 11 is 0. The van der Waals surface area contributed by atoms with Crippen LogP contribution < -0.4 is 14.5 Å². The highest BCUT2D eigenvalue weighted by atomic mass is 31.2. The Labute approximate surface area is 147 Å². The van der Waals surface area contributed by atoms with Gasteiger partial charge < -0.3 is 9.42 Å². The summed E-state index contributed by atoms with van der Waals surface area (Å²) in [7, 11) is -2.15. The van der Waals surface area contributed by atoms with E-state index in [0.29, 0.717) is 11.4 Å². The molecule has 3 rings (SSSR count). The Morgan fingerprint density at radius 3 is 2.60 bits per heavy atom. The largest absolute Gasteiger partial charge is 0.432 e. The smallest absolute Gasteiger partial charge is 0.351 e. The van der Waals surface area contributed by atoms with Crippen molar-refractivity contribution in [3.05, 3.63) is 90.7 Å². The molecule has 0 bridgehead atoms. The van der Waals surface area contributed by atoms with Crippen LogP contribution in [0.1, 0.15) is 5.56 Å². The predicted molar refractivity (Wildman–Crippen MR) is 101 cm³/mol. The zero-order chi connectivity index (χ0) is 17.6. The summed E-state index contributed by atoms with van der Waals surface area (Å²) in [5.74, 6) is 0.483. The predicted octanol–water partition coefficient (Wildman–Crippen LogP) is 4.60. The van der Waals surface area contributed by atoms with Crippen molar-refractivity contribution in [2.24, 2.45) is 0 Å². The van der Waals surface area contributed by atoms with E-state index >= 15 is 0 Å². The van der Waals surface area contributed by atoms with E-state index in [4.69, 9.17) is 4.52 Å². The lowest BCUT2D eigenvalue weighted by atomic mass is 10.1. The number of hydrogen-bond acceptors (Lipinski definition) is 3. The van der Waals surface area contributed by atoms with Gasteiger partial charge in [0.2, 0.25) is 0 Å². The molecule has 2 aromatic rings. The van der Waals surface area contributed by atoms with E-state index in [1.54, 1.807) is 36.5 Å². The number of para-hydroxylation sites is 2. The number of nitrogens with one attached hydrogen (secondary N) is 1. The van der Waals surface area contributed by atoms with E-state index in [-0.39, 0.29) is 0 Å². The molecule has 0 radical (unpaired) electrons. The van der Waals surface area contributed by atoms with Gasteiger partial charge in [0.25, 0.3) is 0 Å². The van der Waals surface area contributed by atoms with Gasteiger partial charge in [-0.2, -0.15) is 0 Å². The maximum absolute atomic E-state index is 12.7. The molecule has 1 aliphatic heterocycles. The van der Waals surface area contributed by atoms with Gasteiger partial charge in [-0.15, -0.1) is 0 Å². The summed E-state index contributed by atoms with van der Waals surface area (Å²) < 4.78 is 5.35. The van der Waals surface area contributed by atoms with Gasteiger partial charge in [0.1, 0.15) is 5.75 Å². The van der Waals surface area contributed by atoms with Crippen molar-refractivity contribution in [3.63, 3.8) is 0 Å². The summed E-state index contributed by atoms with van der Waals surface area (Å²) in [4.78, 5) is 24.2. The van der Waals surface area contributed by atoms with Crippen LogP contribution in [0.25, 0.3) is 6.08 Å². The highest BCUT2D eigenvalue weighted by molar-refractivity contribution is 7.45. The summed E-state index contributed by atoms with van der Waals surface area (Å²) in [6.45, 7) is 3.75. The molecule has 2 aromatic carbocycles. The second kappa shape index (κ2) is 7.79. The molecule has 0 fully saturated rings. The molecule has 1 heterocycles. The van der Waals surface area contributed by atoms with Gasteiger partial charge in [-0.3, -0.25) is 9.99 Å². The SMILES string of the molecule is C=CC1=CN(C(=O)NP(O)Oc2ccccc2)c2ccccc2C=C1. The number of anilines is 1. The van der Waals surface area contributed by atoms with Gasteiger partial charge in [0, 0.05) is 6.20 Å². The molecule has 25 heavy (non-hydrogen) atoms. The zero-order valence-electron chi connectivity index (χ0n) is 13.4. The van der Waals surface area contributed by atoms with Crippen molar-refractivity contribution in [1.29, 1.82) is 0 Å². The normalized spacial score (nSPS) is 14.0. The van der Waals surface area contributed by atoms with Crippen molar-refractivity contribution in [1.82, 2.24) is 5.09 Å². The second-order valence-corrected chi connectivity index (χ2v) is 6.14. The number of amides is 2. The molecule has 2 N–H and O–H groups in total. The topological polar surface area (TPSA) is 61.8 Å². The average molecular weight is 352 g/mol. The molecule has 1 unspecified atom stereocenters. The number of benzene rings is 2. The highest BCUT2D eigenvalue weighted by Gasteiger charge is 2.21. The van der Waals surface area contributed by atoms with Crippen molar-refractivity contribution >= 4 is 26.3 Å². The van der Waals surface area contributed by atoms with E-state index in [0.717, 1.165) is 11.1 Å². The highest BCUT2D eigenvalue weighted by Crippen LogP contribution is 2.32. The van der Waals surface area contributed by atoms with E-state index in [1.165, 1.54) is 4.90 Å². The Balaban J connectivity index is 1.79. The number of urea groups is 1. The number of allylic oxidation sites excluding steroid dienone is 3. The minimum atomic E-state index is -2.15. The Morgan fingerprint density at radius 1 is 1.12 bits per heavy atom. The summed E-state index contributed by atoms with van der Waals surface area (Å²) in [5.41, 5.74) is 2.37. The van der Waals surface area contributed by atoms with Crippen LogP contribution in [-0.4, -0.2) is 10.9 Å². The van der Waals surface area contributed by atoms with Crippen molar-refractivity contribution in [3.8, 4) is 5.75 Å². The summed E-state index contributed by atoms with van der Waals surface area (Å²) in [6.07, 6.45) is 7.11. The number of carbonyl (C=O) groups is 1. The molecule has 6 heteroatoms. The molecule has 126 valence electrons. The number of carbonyl (C=O) groups excluding carboxylic acids is 1. The Morgan fingerprint density at radius 2 is 1.84 bits per heavy atom. The van der Waals surface area contributed by atoms with Crippen LogP contribution in [0.15, 0.2) is 85.1 Å². The average Bonchev–Trinajstić information content (AvgIpc) is 2.82. The maximum atomic E-state index is 12.7. The standard InChI is InChI=1S/C19H17N2O3P/c1-2-15-12-13-16-8-6-7-11-18(16)21(14-15)19(22)20-25(23)24-17-9-4-3-5-10-17/h2-14,23H,1H2,(H,20,22). The van der Waals surface area contributed by atoms with Crippen LogP contribution in [0, 0.1) is 0 Å². The fourth-order valence-electron chi connectivity index (χ4n) is 2.32. The maximum Gasteiger partial charge on any atom is 0.351 e. The quantitative estimate of drug-likeness (QED) is 0.791. The van der Waals surface area contributed by atoms with Crippen LogP contribution in [0.5, 0.6) is 5.75 Å². The van der Waals surface area contributed by atoms with E-state index < -0.39 is 14.6 Å². The summed E-state index contributed by atoms with van der Waals surface area (Å²) in [5, 5.41) is 2.49. The lowest BCUT2D eigenvalue weighted by Crippen LogP contribution is -2.34. The molecule has 0 saturated heterocycles. The lowest BCUT2D eigenvalue weighted by Gasteiger charge is -2.22. The molecule has 0 saturated carbocycles. The third-order valence-corrected chi connectivity index (χ3v) is 4.28. The first kappa shape index (κ1) is 17.0. The van der Waals surface area contributed by atoms with Crippen LogP contribution in [0.4, 0.5) is 10.5 Å². The number of rotatable bonds is 4. The molecule has 0 aliphatic carbocycles. The Kier molecular flexibility index (Phi) is 5.29. The van der Waals surface area contributed by atoms with Gasteiger partial charge in [-0.25, -0.2) is 4.79 Å². The zero-order valence-corrected chi connectivity index (χ0v) is 14.3. The fraction of sp³-hybridized carbons (Fsp3) is 0. The first-order valence-corrected chi connectivity index (χ1v) is 8.82. The molecule has 5 nitrogen and oxygen atoms in total.